The molecule has 0 radical (unpaired) electrons. The minimum atomic E-state index is 0.279. The third kappa shape index (κ3) is 4.37. The monoisotopic (exact) mass is 229 g/mol. The standard InChI is InChI=1S/C12H27N3O/c1-4-13-12(5-8-16)10-15-7-6-14(3)11(2)9-15/h11-13,16H,4-10H2,1-3H3. The summed E-state index contributed by atoms with van der Waals surface area (Å²) in [6, 6.07) is 1.08. The zero-order chi connectivity index (χ0) is 12.0. The summed E-state index contributed by atoms with van der Waals surface area (Å²) in [5.74, 6) is 0. The largest absolute Gasteiger partial charge is 0.396 e. The van der Waals surface area contributed by atoms with Gasteiger partial charge in [0.1, 0.15) is 0 Å². The Morgan fingerprint density at radius 1 is 1.44 bits per heavy atom. The third-order valence-corrected chi connectivity index (χ3v) is 3.49. The van der Waals surface area contributed by atoms with E-state index in [9.17, 15) is 0 Å². The lowest BCUT2D eigenvalue weighted by atomic mass is 10.1. The molecule has 4 heteroatoms. The first kappa shape index (κ1) is 13.9. The molecule has 0 bridgehead atoms. The highest BCUT2D eigenvalue weighted by Gasteiger charge is 2.22. The fourth-order valence-electron chi connectivity index (χ4n) is 2.30. The maximum atomic E-state index is 9.02. The van der Waals surface area contributed by atoms with Gasteiger partial charge in [-0.1, -0.05) is 6.92 Å². The Morgan fingerprint density at radius 2 is 2.19 bits per heavy atom. The molecule has 2 unspecified atom stereocenters. The minimum absolute atomic E-state index is 0.279. The van der Waals surface area contributed by atoms with Gasteiger partial charge in [-0.25, -0.2) is 0 Å². The van der Waals surface area contributed by atoms with Crippen LogP contribution >= 0.6 is 0 Å². The molecule has 1 aliphatic heterocycles. The number of piperazine rings is 1. The van der Waals surface area contributed by atoms with Gasteiger partial charge in [-0.2, -0.15) is 0 Å². The van der Waals surface area contributed by atoms with Crippen molar-refractivity contribution in [1.82, 2.24) is 15.1 Å². The normalized spacial score (nSPS) is 25.9. The van der Waals surface area contributed by atoms with Crippen LogP contribution in [0.2, 0.25) is 0 Å². The Labute approximate surface area is 99.6 Å². The first-order valence-corrected chi connectivity index (χ1v) is 6.44. The Kier molecular flexibility index (Phi) is 6.28. The van der Waals surface area contributed by atoms with Crippen molar-refractivity contribution in [3.05, 3.63) is 0 Å². The predicted molar refractivity (Wildman–Crippen MR) is 67.7 cm³/mol. The Morgan fingerprint density at radius 3 is 2.75 bits per heavy atom. The molecule has 1 fully saturated rings. The van der Waals surface area contributed by atoms with Gasteiger partial charge in [0.25, 0.3) is 0 Å². The average molecular weight is 229 g/mol. The van der Waals surface area contributed by atoms with Crippen LogP contribution in [0.1, 0.15) is 20.3 Å². The Hall–Kier alpha value is -0.160. The molecule has 0 saturated carbocycles. The molecule has 2 atom stereocenters. The van der Waals surface area contributed by atoms with E-state index in [1.54, 1.807) is 0 Å². The number of rotatable bonds is 6. The quantitative estimate of drug-likeness (QED) is 0.671. The van der Waals surface area contributed by atoms with E-state index in [1.165, 1.54) is 0 Å². The van der Waals surface area contributed by atoms with Crippen molar-refractivity contribution in [3.63, 3.8) is 0 Å². The van der Waals surface area contributed by atoms with E-state index in [0.29, 0.717) is 12.1 Å². The molecule has 0 amide bonds. The van der Waals surface area contributed by atoms with Gasteiger partial charge in [0, 0.05) is 44.9 Å². The van der Waals surface area contributed by atoms with Gasteiger partial charge in [-0.05, 0) is 26.9 Å². The molecule has 2 N–H and O–H groups in total. The fraction of sp³-hybridized carbons (Fsp3) is 1.00. The molecular formula is C12H27N3O. The number of hydrogen-bond donors (Lipinski definition) is 2. The Bertz CT molecular complexity index is 183. The van der Waals surface area contributed by atoms with Crippen LogP contribution in [0.5, 0.6) is 0 Å². The fourth-order valence-corrected chi connectivity index (χ4v) is 2.30. The SMILES string of the molecule is CCNC(CCO)CN1CCN(C)C(C)C1. The van der Waals surface area contributed by atoms with Crippen molar-refractivity contribution in [3.8, 4) is 0 Å². The van der Waals surface area contributed by atoms with Crippen molar-refractivity contribution in [2.75, 3.05) is 46.4 Å². The molecule has 1 rings (SSSR count). The summed E-state index contributed by atoms with van der Waals surface area (Å²) in [5.41, 5.74) is 0. The highest BCUT2D eigenvalue weighted by atomic mass is 16.3. The molecule has 4 nitrogen and oxygen atoms in total. The highest BCUT2D eigenvalue weighted by molar-refractivity contribution is 4.80. The van der Waals surface area contributed by atoms with Crippen molar-refractivity contribution < 1.29 is 5.11 Å². The van der Waals surface area contributed by atoms with Gasteiger partial charge in [-0.3, -0.25) is 4.90 Å². The van der Waals surface area contributed by atoms with Crippen LogP contribution in [-0.2, 0) is 0 Å². The van der Waals surface area contributed by atoms with Gasteiger partial charge in [0.2, 0.25) is 0 Å². The molecule has 16 heavy (non-hydrogen) atoms. The summed E-state index contributed by atoms with van der Waals surface area (Å²) in [4.78, 5) is 4.92. The molecule has 0 spiro atoms. The molecule has 0 aromatic rings. The second-order valence-corrected chi connectivity index (χ2v) is 4.86. The van der Waals surface area contributed by atoms with E-state index in [0.717, 1.165) is 39.1 Å². The van der Waals surface area contributed by atoms with Crippen LogP contribution in [0.15, 0.2) is 0 Å². The number of hydrogen-bond acceptors (Lipinski definition) is 4. The molecule has 0 aromatic carbocycles. The summed E-state index contributed by atoms with van der Waals surface area (Å²) in [6.45, 7) is 10.2. The molecule has 1 heterocycles. The first-order chi connectivity index (χ1) is 7.67. The number of nitrogens with one attached hydrogen (secondary N) is 1. The predicted octanol–water partition coefficient (Wildman–Crippen LogP) is -0.0172. The lowest BCUT2D eigenvalue weighted by molar-refractivity contribution is 0.0936. The van der Waals surface area contributed by atoms with Crippen molar-refractivity contribution in [2.45, 2.75) is 32.4 Å². The average Bonchev–Trinajstić information content (AvgIpc) is 2.24. The van der Waals surface area contributed by atoms with Crippen LogP contribution in [0.25, 0.3) is 0 Å². The van der Waals surface area contributed by atoms with Crippen LogP contribution in [0, 0.1) is 0 Å². The summed E-state index contributed by atoms with van der Waals surface area (Å²) < 4.78 is 0. The summed E-state index contributed by atoms with van der Waals surface area (Å²) in [5, 5.41) is 12.5. The second kappa shape index (κ2) is 7.22. The smallest absolute Gasteiger partial charge is 0.0446 e. The van der Waals surface area contributed by atoms with Gasteiger partial charge in [0.05, 0.1) is 0 Å². The van der Waals surface area contributed by atoms with E-state index >= 15 is 0 Å². The summed E-state index contributed by atoms with van der Waals surface area (Å²) in [6.07, 6.45) is 0.856. The van der Waals surface area contributed by atoms with Crippen molar-refractivity contribution in [1.29, 1.82) is 0 Å². The third-order valence-electron chi connectivity index (χ3n) is 3.49. The molecule has 1 aliphatic rings. The number of nitrogens with zero attached hydrogens (tertiary/aromatic N) is 2. The zero-order valence-corrected chi connectivity index (χ0v) is 10.9. The summed E-state index contributed by atoms with van der Waals surface area (Å²) in [7, 11) is 2.19. The number of aliphatic hydroxyl groups excluding tert-OH is 1. The molecule has 1 saturated heterocycles. The minimum Gasteiger partial charge on any atom is -0.396 e. The topological polar surface area (TPSA) is 38.7 Å². The van der Waals surface area contributed by atoms with Crippen LogP contribution < -0.4 is 5.32 Å². The Balaban J connectivity index is 2.33. The highest BCUT2D eigenvalue weighted by Crippen LogP contribution is 2.08. The van der Waals surface area contributed by atoms with Crippen LogP contribution in [0.3, 0.4) is 0 Å². The van der Waals surface area contributed by atoms with E-state index in [2.05, 4.69) is 36.0 Å². The maximum absolute atomic E-state index is 9.02. The van der Waals surface area contributed by atoms with Crippen molar-refractivity contribution >= 4 is 0 Å². The second-order valence-electron chi connectivity index (χ2n) is 4.86. The summed E-state index contributed by atoms with van der Waals surface area (Å²) >= 11 is 0. The van der Waals surface area contributed by atoms with Crippen LogP contribution in [0.4, 0.5) is 0 Å². The van der Waals surface area contributed by atoms with E-state index in [1.807, 2.05) is 0 Å². The molecule has 96 valence electrons. The van der Waals surface area contributed by atoms with Gasteiger partial charge in [0.15, 0.2) is 0 Å². The number of likely N-dealkylation sites (N-methyl/N-ethyl adjacent to an activating group) is 2. The zero-order valence-electron chi connectivity index (χ0n) is 10.9. The lowest BCUT2D eigenvalue weighted by Crippen LogP contribution is -2.53. The van der Waals surface area contributed by atoms with E-state index < -0.39 is 0 Å². The lowest BCUT2D eigenvalue weighted by Gasteiger charge is -2.39. The van der Waals surface area contributed by atoms with Gasteiger partial charge < -0.3 is 15.3 Å². The molecule has 0 aliphatic carbocycles. The van der Waals surface area contributed by atoms with Gasteiger partial charge in [-0.15, -0.1) is 0 Å². The van der Waals surface area contributed by atoms with Gasteiger partial charge >= 0.3 is 0 Å². The first-order valence-electron chi connectivity index (χ1n) is 6.44. The number of aliphatic hydroxyl groups is 1. The van der Waals surface area contributed by atoms with E-state index in [-0.39, 0.29) is 6.61 Å². The maximum Gasteiger partial charge on any atom is 0.0446 e. The van der Waals surface area contributed by atoms with E-state index in [4.69, 9.17) is 5.11 Å². The van der Waals surface area contributed by atoms with Crippen LogP contribution in [-0.4, -0.2) is 73.4 Å². The van der Waals surface area contributed by atoms with Crippen molar-refractivity contribution in [2.24, 2.45) is 0 Å². The molecular weight excluding hydrogens is 202 g/mol. The molecule has 0 aromatic heterocycles.